The molecule has 0 saturated carbocycles. The van der Waals surface area contributed by atoms with E-state index in [0.717, 1.165) is 0 Å². The molecule has 1 aromatic carbocycles. The van der Waals surface area contributed by atoms with Crippen LogP contribution in [0.4, 0.5) is 0 Å². The maximum Gasteiger partial charge on any atom is 0.356 e. The van der Waals surface area contributed by atoms with Gasteiger partial charge in [-0.25, -0.2) is 4.79 Å². The minimum absolute atomic E-state index is 0.124. The number of hydrogen-bond donors (Lipinski definition) is 0. The summed E-state index contributed by atoms with van der Waals surface area (Å²) in [6.07, 6.45) is 0. The normalized spacial score (nSPS) is 10.8. The van der Waals surface area contributed by atoms with Gasteiger partial charge in [0.25, 0.3) is 0 Å². The third kappa shape index (κ3) is 1.50. The molecule has 0 radical (unpaired) electrons. The molecular weight excluding hydrogens is 246 g/mol. The Labute approximate surface area is 94.0 Å². The van der Waals surface area contributed by atoms with Gasteiger partial charge in [-0.3, -0.25) is 0 Å². The molecule has 1 heterocycles. The summed E-state index contributed by atoms with van der Waals surface area (Å²) in [6.45, 7) is 0. The van der Waals surface area contributed by atoms with E-state index >= 15 is 0 Å². The van der Waals surface area contributed by atoms with Crippen molar-refractivity contribution in [1.82, 2.24) is 0 Å². The zero-order valence-electron chi connectivity index (χ0n) is 6.68. The van der Waals surface area contributed by atoms with Crippen molar-refractivity contribution in [3.05, 3.63) is 43.7 Å². The molecule has 0 aliphatic rings. The van der Waals surface area contributed by atoms with Crippen LogP contribution >= 0.6 is 34.8 Å². The minimum Gasteiger partial charge on any atom is -0.422 e. The van der Waals surface area contributed by atoms with Gasteiger partial charge in [0, 0.05) is 10.4 Å². The highest BCUT2D eigenvalue weighted by Crippen LogP contribution is 2.29. The van der Waals surface area contributed by atoms with Crippen molar-refractivity contribution in [3.63, 3.8) is 0 Å². The van der Waals surface area contributed by atoms with E-state index in [-0.39, 0.29) is 10.0 Å². The largest absolute Gasteiger partial charge is 0.422 e. The van der Waals surface area contributed by atoms with Gasteiger partial charge in [0.15, 0.2) is 0 Å². The number of halogens is 3. The summed E-state index contributed by atoms with van der Waals surface area (Å²) in [5.41, 5.74) is -0.278. The quantitative estimate of drug-likeness (QED) is 0.666. The van der Waals surface area contributed by atoms with Crippen LogP contribution in [-0.2, 0) is 0 Å². The maximum atomic E-state index is 11.1. The fraction of sp³-hybridized carbons (Fsp3) is 0. The van der Waals surface area contributed by atoms with Crippen molar-refractivity contribution in [1.29, 1.82) is 0 Å². The van der Waals surface area contributed by atoms with E-state index in [0.29, 0.717) is 16.0 Å². The maximum absolute atomic E-state index is 11.1. The highest BCUT2D eigenvalue weighted by Gasteiger charge is 2.10. The molecule has 72 valence electrons. The third-order valence-electron chi connectivity index (χ3n) is 1.75. The fourth-order valence-corrected chi connectivity index (χ4v) is 1.65. The van der Waals surface area contributed by atoms with Gasteiger partial charge in [-0.15, -0.1) is 0 Å². The van der Waals surface area contributed by atoms with Crippen LogP contribution in [-0.4, -0.2) is 0 Å². The summed E-state index contributed by atoms with van der Waals surface area (Å²) < 4.78 is 4.90. The lowest BCUT2D eigenvalue weighted by molar-refractivity contribution is 0.561. The SMILES string of the molecule is O=c1oc2ccc(Cl)cc2c(Cl)c1Cl. The molecule has 0 bridgehead atoms. The molecule has 0 atom stereocenters. The first-order chi connectivity index (χ1) is 6.59. The van der Waals surface area contributed by atoms with E-state index in [9.17, 15) is 4.79 Å². The van der Waals surface area contributed by atoms with Crippen LogP contribution in [0, 0.1) is 0 Å². The Morgan fingerprint density at radius 1 is 1.07 bits per heavy atom. The lowest BCUT2D eigenvalue weighted by Crippen LogP contribution is -1.99. The smallest absolute Gasteiger partial charge is 0.356 e. The van der Waals surface area contributed by atoms with Crippen molar-refractivity contribution in [2.75, 3.05) is 0 Å². The molecule has 0 aliphatic carbocycles. The van der Waals surface area contributed by atoms with Crippen molar-refractivity contribution >= 4 is 45.8 Å². The number of fused-ring (bicyclic) bond motifs is 1. The highest BCUT2D eigenvalue weighted by atomic mass is 35.5. The number of rotatable bonds is 0. The first-order valence-corrected chi connectivity index (χ1v) is 4.80. The van der Waals surface area contributed by atoms with Crippen molar-refractivity contribution in [3.8, 4) is 0 Å². The molecule has 0 amide bonds. The molecule has 14 heavy (non-hydrogen) atoms. The summed E-state index contributed by atoms with van der Waals surface area (Å²) in [7, 11) is 0. The molecule has 0 saturated heterocycles. The molecule has 1 aromatic heterocycles. The standard InChI is InChI=1S/C9H3Cl3O2/c10-4-1-2-6-5(3-4)7(11)8(12)9(13)14-6/h1-3H. The average Bonchev–Trinajstić information content (AvgIpc) is 2.16. The molecule has 0 aliphatic heterocycles. The van der Waals surface area contributed by atoms with Crippen LogP contribution in [0.3, 0.4) is 0 Å². The second-order valence-electron chi connectivity index (χ2n) is 2.66. The molecule has 2 aromatic rings. The van der Waals surface area contributed by atoms with Gasteiger partial charge in [0.1, 0.15) is 10.6 Å². The summed E-state index contributed by atoms with van der Waals surface area (Å²) >= 11 is 17.2. The Kier molecular flexibility index (Phi) is 2.43. The zero-order chi connectivity index (χ0) is 10.3. The van der Waals surface area contributed by atoms with Gasteiger partial charge < -0.3 is 4.42 Å². The van der Waals surface area contributed by atoms with Crippen molar-refractivity contribution in [2.24, 2.45) is 0 Å². The molecule has 2 nitrogen and oxygen atoms in total. The fourth-order valence-electron chi connectivity index (χ4n) is 1.12. The molecule has 5 heteroatoms. The lowest BCUT2D eigenvalue weighted by atomic mass is 10.2. The highest BCUT2D eigenvalue weighted by molar-refractivity contribution is 6.45. The summed E-state index contributed by atoms with van der Waals surface area (Å²) in [5, 5.41) is 1.08. The first kappa shape index (κ1) is 9.84. The summed E-state index contributed by atoms with van der Waals surface area (Å²) in [5.74, 6) is 0. The van der Waals surface area contributed by atoms with Crippen LogP contribution in [0.5, 0.6) is 0 Å². The Hall–Kier alpha value is -0.700. The topological polar surface area (TPSA) is 30.2 Å². The van der Waals surface area contributed by atoms with E-state index in [1.54, 1.807) is 18.2 Å². The van der Waals surface area contributed by atoms with E-state index < -0.39 is 5.63 Å². The van der Waals surface area contributed by atoms with E-state index in [1.807, 2.05) is 0 Å². The van der Waals surface area contributed by atoms with Gasteiger partial charge in [0.05, 0.1) is 5.02 Å². The average molecular weight is 249 g/mol. The molecular formula is C9H3Cl3O2. The zero-order valence-corrected chi connectivity index (χ0v) is 8.95. The van der Waals surface area contributed by atoms with Crippen LogP contribution in [0.15, 0.2) is 27.4 Å². The number of hydrogen-bond acceptors (Lipinski definition) is 2. The van der Waals surface area contributed by atoms with Gasteiger partial charge in [-0.1, -0.05) is 34.8 Å². The van der Waals surface area contributed by atoms with Gasteiger partial charge in [-0.05, 0) is 18.2 Å². The van der Waals surface area contributed by atoms with Crippen LogP contribution in [0.25, 0.3) is 11.0 Å². The monoisotopic (exact) mass is 248 g/mol. The van der Waals surface area contributed by atoms with E-state index in [1.165, 1.54) is 0 Å². The Morgan fingerprint density at radius 2 is 1.79 bits per heavy atom. The third-order valence-corrected chi connectivity index (χ3v) is 2.82. The first-order valence-electron chi connectivity index (χ1n) is 3.67. The van der Waals surface area contributed by atoms with Crippen molar-refractivity contribution < 1.29 is 4.42 Å². The second-order valence-corrected chi connectivity index (χ2v) is 3.85. The predicted octanol–water partition coefficient (Wildman–Crippen LogP) is 3.75. The predicted molar refractivity (Wildman–Crippen MR) is 57.5 cm³/mol. The molecule has 0 N–H and O–H groups in total. The molecule has 0 spiro atoms. The molecule has 2 rings (SSSR count). The summed E-state index contributed by atoms with van der Waals surface area (Å²) in [6, 6.07) is 4.77. The second kappa shape index (κ2) is 3.46. The summed E-state index contributed by atoms with van der Waals surface area (Å²) in [4.78, 5) is 11.1. The number of benzene rings is 1. The Bertz CT molecular complexity index is 560. The van der Waals surface area contributed by atoms with Gasteiger partial charge in [0.2, 0.25) is 0 Å². The van der Waals surface area contributed by atoms with E-state index in [2.05, 4.69) is 0 Å². The van der Waals surface area contributed by atoms with Crippen LogP contribution < -0.4 is 5.63 Å². The Morgan fingerprint density at radius 3 is 2.50 bits per heavy atom. The van der Waals surface area contributed by atoms with Crippen molar-refractivity contribution in [2.45, 2.75) is 0 Å². The Balaban J connectivity index is 2.99. The molecule has 0 fully saturated rings. The van der Waals surface area contributed by atoms with Gasteiger partial charge in [-0.2, -0.15) is 0 Å². The van der Waals surface area contributed by atoms with Crippen LogP contribution in [0.1, 0.15) is 0 Å². The van der Waals surface area contributed by atoms with Gasteiger partial charge >= 0.3 is 5.63 Å². The molecule has 0 unspecified atom stereocenters. The van der Waals surface area contributed by atoms with Crippen LogP contribution in [0.2, 0.25) is 15.1 Å². The van der Waals surface area contributed by atoms with E-state index in [4.69, 9.17) is 39.2 Å². The lowest BCUT2D eigenvalue weighted by Gasteiger charge is -2.00. The minimum atomic E-state index is -0.647.